The van der Waals surface area contributed by atoms with Gasteiger partial charge in [-0.15, -0.1) is 0 Å². The van der Waals surface area contributed by atoms with Crippen LogP contribution in [0, 0.1) is 0 Å². The predicted molar refractivity (Wildman–Crippen MR) is 70.3 cm³/mol. The fourth-order valence-electron chi connectivity index (χ4n) is 2.28. The molecular weight excluding hydrogens is 296 g/mol. The molecule has 18 heavy (non-hydrogen) atoms. The molecule has 4 nitrogen and oxygen atoms in total. The van der Waals surface area contributed by atoms with Crippen LogP contribution in [0.5, 0.6) is 5.75 Å². The largest absolute Gasteiger partial charge is 0.484 e. The Bertz CT molecular complexity index is 582. The van der Waals surface area contributed by atoms with E-state index in [1.165, 1.54) is 0 Å². The van der Waals surface area contributed by atoms with E-state index in [1.54, 1.807) is 12.5 Å². The molecule has 0 fully saturated rings. The van der Waals surface area contributed by atoms with E-state index in [9.17, 15) is 5.11 Å². The summed E-state index contributed by atoms with van der Waals surface area (Å²) in [6.45, 7) is 0. The maximum absolute atomic E-state index is 10.2. The highest BCUT2D eigenvalue weighted by Crippen LogP contribution is 2.41. The van der Waals surface area contributed by atoms with Crippen molar-refractivity contribution in [3.8, 4) is 5.75 Å². The van der Waals surface area contributed by atoms with E-state index in [4.69, 9.17) is 4.74 Å². The van der Waals surface area contributed by atoms with Crippen molar-refractivity contribution in [2.75, 3.05) is 0 Å². The number of rotatable bonds is 1. The monoisotopic (exact) mass is 308 g/mol. The average molecular weight is 309 g/mol. The maximum Gasteiger partial charge on any atom is 0.143 e. The minimum atomic E-state index is -0.508. The van der Waals surface area contributed by atoms with Crippen molar-refractivity contribution in [1.82, 2.24) is 9.55 Å². The first-order valence-corrected chi connectivity index (χ1v) is 6.55. The van der Waals surface area contributed by atoms with E-state index >= 15 is 0 Å². The number of fused-ring (bicyclic) bond motifs is 1. The number of nitrogens with zero attached hydrogens (tertiary/aromatic N) is 2. The molecule has 0 amide bonds. The standard InChI is InChI=1S/C13H13BrN2O2/c1-16-7-15-6-10(16)13-5-11(17)9-4-8(14)2-3-12(9)18-13/h2-4,6-7,11,13,17H,5H2,1H3/t11-,13?/m0/s1. The molecule has 0 spiro atoms. The number of aromatic nitrogens is 2. The van der Waals surface area contributed by atoms with Gasteiger partial charge in [0.1, 0.15) is 11.9 Å². The van der Waals surface area contributed by atoms with Gasteiger partial charge in [-0.1, -0.05) is 15.9 Å². The van der Waals surface area contributed by atoms with Crippen molar-refractivity contribution in [3.05, 3.63) is 46.5 Å². The van der Waals surface area contributed by atoms with Crippen LogP contribution >= 0.6 is 15.9 Å². The van der Waals surface area contributed by atoms with Crippen LogP contribution in [0.25, 0.3) is 0 Å². The highest BCUT2D eigenvalue weighted by Gasteiger charge is 2.29. The number of benzene rings is 1. The van der Waals surface area contributed by atoms with E-state index in [-0.39, 0.29) is 6.10 Å². The van der Waals surface area contributed by atoms with Gasteiger partial charge < -0.3 is 14.4 Å². The smallest absolute Gasteiger partial charge is 0.143 e. The summed E-state index contributed by atoms with van der Waals surface area (Å²) in [7, 11) is 1.93. The first-order chi connectivity index (χ1) is 8.65. The third kappa shape index (κ3) is 1.93. The number of halogens is 1. The minimum Gasteiger partial charge on any atom is -0.484 e. The summed E-state index contributed by atoms with van der Waals surface area (Å²) in [5.41, 5.74) is 1.81. The van der Waals surface area contributed by atoms with Gasteiger partial charge in [0.05, 0.1) is 24.3 Å². The number of imidazole rings is 1. The van der Waals surface area contributed by atoms with Gasteiger partial charge in [-0.25, -0.2) is 4.98 Å². The van der Waals surface area contributed by atoms with Crippen LogP contribution in [-0.4, -0.2) is 14.7 Å². The number of aliphatic hydroxyl groups excluding tert-OH is 1. The van der Waals surface area contributed by atoms with E-state index in [1.807, 2.05) is 29.8 Å². The molecule has 2 atom stereocenters. The van der Waals surface area contributed by atoms with Crippen LogP contribution in [0.1, 0.15) is 29.9 Å². The zero-order chi connectivity index (χ0) is 12.7. The van der Waals surface area contributed by atoms with E-state index in [0.717, 1.165) is 21.5 Å². The molecule has 2 heterocycles. The molecule has 2 aromatic rings. The Balaban J connectivity index is 1.97. The molecule has 0 saturated carbocycles. The summed E-state index contributed by atoms with van der Waals surface area (Å²) in [4.78, 5) is 4.09. The Morgan fingerprint density at radius 2 is 2.33 bits per heavy atom. The van der Waals surface area contributed by atoms with Crippen LogP contribution in [0.15, 0.2) is 35.2 Å². The van der Waals surface area contributed by atoms with Gasteiger partial charge in [0.15, 0.2) is 0 Å². The summed E-state index contributed by atoms with van der Waals surface area (Å²) in [6, 6.07) is 5.70. The van der Waals surface area contributed by atoms with Gasteiger partial charge >= 0.3 is 0 Å². The molecule has 0 aliphatic carbocycles. The second kappa shape index (κ2) is 4.40. The maximum atomic E-state index is 10.2. The third-order valence-electron chi connectivity index (χ3n) is 3.22. The molecule has 1 N–H and O–H groups in total. The molecule has 1 unspecified atom stereocenters. The molecule has 1 aliphatic rings. The number of hydrogen-bond acceptors (Lipinski definition) is 3. The third-order valence-corrected chi connectivity index (χ3v) is 3.71. The Kier molecular flexibility index (Phi) is 2.87. The first kappa shape index (κ1) is 11.7. The second-order valence-corrected chi connectivity index (χ2v) is 5.39. The lowest BCUT2D eigenvalue weighted by molar-refractivity contribution is 0.0622. The summed E-state index contributed by atoms with van der Waals surface area (Å²) < 4.78 is 8.81. The molecule has 94 valence electrons. The van der Waals surface area contributed by atoms with Gasteiger partial charge in [0, 0.05) is 23.5 Å². The number of ether oxygens (including phenoxy) is 1. The molecular formula is C13H13BrN2O2. The van der Waals surface area contributed by atoms with Crippen molar-refractivity contribution in [3.63, 3.8) is 0 Å². The van der Waals surface area contributed by atoms with Crippen molar-refractivity contribution in [2.24, 2.45) is 7.05 Å². The van der Waals surface area contributed by atoms with Gasteiger partial charge in [-0.3, -0.25) is 0 Å². The van der Waals surface area contributed by atoms with Gasteiger partial charge in [0.2, 0.25) is 0 Å². The SMILES string of the molecule is Cn1cncc1C1C[C@H](O)c2cc(Br)ccc2O1. The highest BCUT2D eigenvalue weighted by molar-refractivity contribution is 9.10. The van der Waals surface area contributed by atoms with Crippen LogP contribution in [-0.2, 0) is 7.05 Å². The van der Waals surface area contributed by atoms with Crippen LogP contribution in [0.3, 0.4) is 0 Å². The van der Waals surface area contributed by atoms with E-state index < -0.39 is 6.10 Å². The van der Waals surface area contributed by atoms with Crippen molar-refractivity contribution >= 4 is 15.9 Å². The normalized spacial score (nSPS) is 22.4. The van der Waals surface area contributed by atoms with E-state index in [2.05, 4.69) is 20.9 Å². The van der Waals surface area contributed by atoms with E-state index in [0.29, 0.717) is 6.42 Å². The molecule has 3 rings (SSSR count). The minimum absolute atomic E-state index is 0.152. The molecule has 1 aromatic heterocycles. The Morgan fingerprint density at radius 1 is 1.50 bits per heavy atom. The number of hydrogen-bond donors (Lipinski definition) is 1. The molecule has 0 bridgehead atoms. The zero-order valence-corrected chi connectivity index (χ0v) is 11.5. The van der Waals surface area contributed by atoms with Crippen molar-refractivity contribution in [2.45, 2.75) is 18.6 Å². The Hall–Kier alpha value is -1.33. The quantitative estimate of drug-likeness (QED) is 0.881. The van der Waals surface area contributed by atoms with Crippen LogP contribution in [0.2, 0.25) is 0 Å². The fraction of sp³-hybridized carbons (Fsp3) is 0.308. The zero-order valence-electron chi connectivity index (χ0n) is 9.88. The average Bonchev–Trinajstić information content (AvgIpc) is 2.76. The predicted octanol–water partition coefficient (Wildman–Crippen LogP) is 2.74. The van der Waals surface area contributed by atoms with Gasteiger partial charge in [0.25, 0.3) is 0 Å². The number of aliphatic hydroxyl groups is 1. The summed E-state index contributed by atoms with van der Waals surface area (Å²) in [5.74, 6) is 0.739. The van der Waals surface area contributed by atoms with Gasteiger partial charge in [-0.2, -0.15) is 0 Å². The lowest BCUT2D eigenvalue weighted by atomic mass is 9.98. The second-order valence-electron chi connectivity index (χ2n) is 4.47. The summed E-state index contributed by atoms with van der Waals surface area (Å²) >= 11 is 3.40. The Morgan fingerprint density at radius 3 is 3.06 bits per heavy atom. The first-order valence-electron chi connectivity index (χ1n) is 5.75. The molecule has 0 saturated heterocycles. The molecule has 0 radical (unpaired) electrons. The molecule has 5 heteroatoms. The highest BCUT2D eigenvalue weighted by atomic mass is 79.9. The lowest BCUT2D eigenvalue weighted by Gasteiger charge is -2.29. The van der Waals surface area contributed by atoms with Gasteiger partial charge in [-0.05, 0) is 18.2 Å². The van der Waals surface area contributed by atoms with Crippen LogP contribution < -0.4 is 4.74 Å². The number of aryl methyl sites for hydroxylation is 1. The topological polar surface area (TPSA) is 47.3 Å². The Labute approximate surface area is 113 Å². The fourth-order valence-corrected chi connectivity index (χ4v) is 2.66. The summed E-state index contributed by atoms with van der Waals surface area (Å²) in [5, 5.41) is 10.2. The van der Waals surface area contributed by atoms with Crippen molar-refractivity contribution in [1.29, 1.82) is 0 Å². The van der Waals surface area contributed by atoms with Crippen LogP contribution in [0.4, 0.5) is 0 Å². The molecule has 1 aromatic carbocycles. The van der Waals surface area contributed by atoms with Crippen molar-refractivity contribution < 1.29 is 9.84 Å². The molecule has 1 aliphatic heterocycles. The lowest BCUT2D eigenvalue weighted by Crippen LogP contribution is -2.20. The summed E-state index contributed by atoms with van der Waals surface area (Å²) in [6.07, 6.45) is 3.40.